The van der Waals surface area contributed by atoms with Crippen LogP contribution >= 0.6 is 23.5 Å². The summed E-state index contributed by atoms with van der Waals surface area (Å²) in [7, 11) is 0. The molecule has 6 aromatic rings. The third kappa shape index (κ3) is 5.02. The topological polar surface area (TPSA) is 74.6 Å². The fraction of sp³-hybridized carbons (Fsp3) is 0.0256. The van der Waals surface area contributed by atoms with Gasteiger partial charge in [0.05, 0.1) is 16.5 Å². The van der Waals surface area contributed by atoms with Crippen molar-refractivity contribution >= 4 is 35.5 Å². The molecule has 0 fully saturated rings. The molecule has 0 aliphatic heterocycles. The van der Waals surface area contributed by atoms with Crippen LogP contribution in [0, 0.1) is 0 Å². The molecule has 45 heavy (non-hydrogen) atoms. The van der Waals surface area contributed by atoms with E-state index in [9.17, 15) is 19.8 Å². The predicted molar refractivity (Wildman–Crippen MR) is 179 cm³/mol. The molecule has 0 aromatic heterocycles. The minimum atomic E-state index is -0.944. The maximum Gasteiger partial charge on any atom is 0.336 e. The lowest BCUT2D eigenvalue weighted by molar-refractivity contribution is 0.0682. The van der Waals surface area contributed by atoms with E-state index in [4.69, 9.17) is 0 Å². The van der Waals surface area contributed by atoms with Crippen LogP contribution < -0.4 is 0 Å². The van der Waals surface area contributed by atoms with Crippen molar-refractivity contribution in [3.63, 3.8) is 0 Å². The summed E-state index contributed by atoms with van der Waals surface area (Å²) in [4.78, 5) is 26.9. The zero-order valence-corrected chi connectivity index (χ0v) is 25.5. The molecule has 0 heterocycles. The van der Waals surface area contributed by atoms with Crippen molar-refractivity contribution in [3.05, 3.63) is 179 Å². The van der Waals surface area contributed by atoms with Crippen molar-refractivity contribution in [1.82, 2.24) is 0 Å². The van der Waals surface area contributed by atoms with Gasteiger partial charge in [-0.15, -0.1) is 0 Å². The Morgan fingerprint density at radius 3 is 1.20 bits per heavy atom. The summed E-state index contributed by atoms with van der Waals surface area (Å²) in [6.07, 6.45) is 0. The van der Waals surface area contributed by atoms with Gasteiger partial charge in [0.2, 0.25) is 0 Å². The summed E-state index contributed by atoms with van der Waals surface area (Å²) in [5, 5.41) is 19.4. The molecule has 0 saturated heterocycles. The average molecular weight is 623 g/mol. The van der Waals surface area contributed by atoms with E-state index in [-0.39, 0.29) is 11.1 Å². The molecular weight excluding hydrogens is 597 g/mol. The second kappa shape index (κ2) is 11.8. The molecule has 0 saturated carbocycles. The van der Waals surface area contributed by atoms with Crippen LogP contribution in [0.4, 0.5) is 0 Å². The normalized spacial score (nSPS) is 12.7. The second-order valence-corrected chi connectivity index (χ2v) is 12.9. The first-order valence-corrected chi connectivity index (χ1v) is 16.0. The van der Waals surface area contributed by atoms with Crippen molar-refractivity contribution in [2.75, 3.05) is 0 Å². The number of carboxylic acids is 2. The van der Waals surface area contributed by atoms with Gasteiger partial charge < -0.3 is 10.2 Å². The van der Waals surface area contributed by atoms with E-state index in [0.29, 0.717) is 9.79 Å². The fourth-order valence-corrected chi connectivity index (χ4v) is 8.16. The van der Waals surface area contributed by atoms with Crippen LogP contribution in [0.25, 0.3) is 11.1 Å². The van der Waals surface area contributed by atoms with Gasteiger partial charge >= 0.3 is 11.9 Å². The lowest BCUT2D eigenvalue weighted by atomic mass is 9.68. The van der Waals surface area contributed by atoms with Gasteiger partial charge in [0.1, 0.15) is 0 Å². The number of fused-ring (bicyclic) bond motifs is 3. The number of hydrogen-bond donors (Lipinski definition) is 2. The number of rotatable bonds is 8. The molecule has 0 bridgehead atoms. The van der Waals surface area contributed by atoms with Gasteiger partial charge in [-0.3, -0.25) is 0 Å². The van der Waals surface area contributed by atoms with Crippen LogP contribution in [0.15, 0.2) is 165 Å². The highest BCUT2D eigenvalue weighted by molar-refractivity contribution is 7.99. The smallest absolute Gasteiger partial charge is 0.336 e. The average Bonchev–Trinajstić information content (AvgIpc) is 3.37. The van der Waals surface area contributed by atoms with Gasteiger partial charge in [-0.05, 0) is 81.9 Å². The summed E-state index contributed by atoms with van der Waals surface area (Å²) >= 11 is 2.88. The quantitative estimate of drug-likeness (QED) is 0.176. The number of carbonyl (C=O) groups is 2. The fourth-order valence-electron chi connectivity index (χ4n) is 6.29. The molecule has 6 heteroatoms. The van der Waals surface area contributed by atoms with Crippen LogP contribution in [0.1, 0.15) is 43.0 Å². The first kappa shape index (κ1) is 28.7. The third-order valence-corrected chi connectivity index (χ3v) is 10.4. The SMILES string of the molecule is O=C(O)c1ccccc1Sc1ccc(C2(c3ccc(Sc4ccccc4C(=O)O)cc3)c3ccccc3-c3ccccc32)cc1. The summed E-state index contributed by atoms with van der Waals surface area (Å²) in [5.41, 5.74) is 6.96. The van der Waals surface area contributed by atoms with E-state index in [2.05, 4.69) is 97.1 Å². The van der Waals surface area contributed by atoms with Crippen molar-refractivity contribution in [3.8, 4) is 11.1 Å². The number of carboxylic acid groups (broad SMARTS) is 2. The summed E-state index contributed by atoms with van der Waals surface area (Å²) in [6, 6.07) is 48.0. The van der Waals surface area contributed by atoms with Crippen molar-refractivity contribution in [2.24, 2.45) is 0 Å². The first-order valence-electron chi connectivity index (χ1n) is 14.4. The van der Waals surface area contributed by atoms with E-state index >= 15 is 0 Å². The molecule has 218 valence electrons. The Morgan fingerprint density at radius 1 is 0.444 bits per heavy atom. The Morgan fingerprint density at radius 2 is 0.800 bits per heavy atom. The monoisotopic (exact) mass is 622 g/mol. The molecule has 1 aliphatic carbocycles. The van der Waals surface area contributed by atoms with Crippen LogP contribution in [0.2, 0.25) is 0 Å². The van der Waals surface area contributed by atoms with Gasteiger partial charge in [-0.25, -0.2) is 9.59 Å². The highest BCUT2D eigenvalue weighted by Gasteiger charge is 2.45. The number of hydrogen-bond acceptors (Lipinski definition) is 4. The van der Waals surface area contributed by atoms with E-state index in [1.807, 2.05) is 24.3 Å². The molecular formula is C39H26O4S2. The van der Waals surface area contributed by atoms with Crippen LogP contribution in [-0.4, -0.2) is 22.2 Å². The van der Waals surface area contributed by atoms with Crippen LogP contribution in [0.5, 0.6) is 0 Å². The Hall–Kier alpha value is -5.04. The van der Waals surface area contributed by atoms with E-state index in [1.165, 1.54) is 45.8 Å². The zero-order valence-electron chi connectivity index (χ0n) is 23.9. The lowest BCUT2D eigenvalue weighted by Gasteiger charge is -2.34. The van der Waals surface area contributed by atoms with Gasteiger partial charge in [0.25, 0.3) is 0 Å². The zero-order chi connectivity index (χ0) is 31.0. The van der Waals surface area contributed by atoms with Crippen LogP contribution in [0.3, 0.4) is 0 Å². The van der Waals surface area contributed by atoms with Gasteiger partial charge in [-0.1, -0.05) is 121 Å². The molecule has 0 atom stereocenters. The molecule has 6 aromatic carbocycles. The molecule has 4 nitrogen and oxygen atoms in total. The first-order chi connectivity index (χ1) is 22.0. The third-order valence-electron chi connectivity index (χ3n) is 8.22. The van der Waals surface area contributed by atoms with Gasteiger partial charge in [0.15, 0.2) is 0 Å². The maximum absolute atomic E-state index is 11.8. The molecule has 0 amide bonds. The predicted octanol–water partition coefficient (Wildman–Crippen LogP) is 9.75. The number of aromatic carboxylic acids is 2. The van der Waals surface area contributed by atoms with Crippen molar-refractivity contribution in [2.45, 2.75) is 25.0 Å². The second-order valence-electron chi connectivity index (χ2n) is 10.7. The Labute approximate surface area is 269 Å². The van der Waals surface area contributed by atoms with E-state index < -0.39 is 17.4 Å². The Balaban J connectivity index is 1.34. The van der Waals surface area contributed by atoms with Crippen molar-refractivity contribution < 1.29 is 19.8 Å². The molecule has 2 N–H and O–H groups in total. The molecule has 0 unspecified atom stereocenters. The van der Waals surface area contributed by atoms with E-state index in [1.54, 1.807) is 24.3 Å². The minimum Gasteiger partial charge on any atom is -0.478 e. The Kier molecular flexibility index (Phi) is 7.53. The molecule has 0 spiro atoms. The Bertz CT molecular complexity index is 1920. The maximum atomic E-state index is 11.8. The molecule has 0 radical (unpaired) electrons. The summed E-state index contributed by atoms with van der Waals surface area (Å²) in [5.74, 6) is -1.89. The largest absolute Gasteiger partial charge is 0.478 e. The standard InChI is InChI=1S/C39H26O4S2/c40-37(41)31-11-3-7-15-35(31)44-27-21-17-25(18-22-27)39(33-13-5-1-9-29(33)30-10-2-6-14-34(30)39)26-19-23-28(24-20-26)45-36-16-8-4-12-32(36)38(42)43/h1-24H,(H,40,41)(H,42,43). The molecule has 7 rings (SSSR count). The van der Waals surface area contributed by atoms with E-state index in [0.717, 1.165) is 20.9 Å². The van der Waals surface area contributed by atoms with Gasteiger partial charge in [-0.2, -0.15) is 0 Å². The summed E-state index contributed by atoms with van der Waals surface area (Å²) in [6.45, 7) is 0. The highest BCUT2D eigenvalue weighted by Crippen LogP contribution is 2.56. The summed E-state index contributed by atoms with van der Waals surface area (Å²) < 4.78 is 0. The number of benzene rings is 6. The lowest BCUT2D eigenvalue weighted by Crippen LogP contribution is -2.28. The van der Waals surface area contributed by atoms with Gasteiger partial charge in [0, 0.05) is 19.6 Å². The van der Waals surface area contributed by atoms with Crippen LogP contribution in [-0.2, 0) is 5.41 Å². The minimum absolute atomic E-state index is 0.283. The highest BCUT2D eigenvalue weighted by atomic mass is 32.2. The van der Waals surface area contributed by atoms with Crippen molar-refractivity contribution in [1.29, 1.82) is 0 Å². The molecule has 1 aliphatic rings.